The van der Waals surface area contributed by atoms with Crippen LogP contribution in [0, 0.1) is 18.8 Å². The van der Waals surface area contributed by atoms with Gasteiger partial charge in [-0.1, -0.05) is 6.07 Å². The summed E-state index contributed by atoms with van der Waals surface area (Å²) < 4.78 is 1.58. The Morgan fingerprint density at radius 3 is 2.74 bits per heavy atom. The van der Waals surface area contributed by atoms with Crippen molar-refractivity contribution < 1.29 is 14.7 Å². The Labute approximate surface area is 132 Å². The number of rotatable bonds is 4. The average molecular weight is 315 g/mol. The quantitative estimate of drug-likeness (QED) is 0.882. The lowest BCUT2D eigenvalue weighted by atomic mass is 10.0. The number of anilines is 1. The molecule has 1 amide bonds. The summed E-state index contributed by atoms with van der Waals surface area (Å²) in [5.41, 5.74) is 1.39. The van der Waals surface area contributed by atoms with Crippen molar-refractivity contribution in [2.45, 2.75) is 26.2 Å². The number of hydrogen-bond acceptors (Lipinski definition) is 5. The summed E-state index contributed by atoms with van der Waals surface area (Å²) in [5.74, 6) is -0.986. The van der Waals surface area contributed by atoms with Crippen molar-refractivity contribution in [2.24, 2.45) is 11.8 Å². The maximum absolute atomic E-state index is 12.3. The van der Waals surface area contributed by atoms with Crippen molar-refractivity contribution >= 4 is 17.6 Å². The number of carboxylic acid groups (broad SMARTS) is 1. The Bertz CT molecular complexity index is 742. The number of tetrazole rings is 1. The number of benzene rings is 1. The van der Waals surface area contributed by atoms with E-state index in [2.05, 4.69) is 20.8 Å². The van der Waals surface area contributed by atoms with Gasteiger partial charge in [0, 0.05) is 11.6 Å². The van der Waals surface area contributed by atoms with Crippen molar-refractivity contribution in [1.29, 1.82) is 0 Å². The van der Waals surface area contributed by atoms with Gasteiger partial charge in [-0.3, -0.25) is 9.59 Å². The van der Waals surface area contributed by atoms with E-state index in [1.165, 1.54) is 0 Å². The first kappa shape index (κ1) is 15.1. The van der Waals surface area contributed by atoms with Crippen LogP contribution in [0.3, 0.4) is 0 Å². The first-order chi connectivity index (χ1) is 11.0. The Balaban J connectivity index is 1.70. The molecular weight excluding hydrogens is 298 g/mol. The Kier molecular flexibility index (Phi) is 4.05. The van der Waals surface area contributed by atoms with Crippen LogP contribution in [0.2, 0.25) is 0 Å². The maximum atomic E-state index is 12.3. The van der Waals surface area contributed by atoms with Gasteiger partial charge in [0.25, 0.3) is 0 Å². The van der Waals surface area contributed by atoms with E-state index in [0.29, 0.717) is 30.8 Å². The first-order valence-corrected chi connectivity index (χ1v) is 7.43. The molecule has 0 aliphatic heterocycles. The van der Waals surface area contributed by atoms with Crippen LogP contribution >= 0.6 is 0 Å². The number of nitrogens with one attached hydrogen (secondary N) is 1. The summed E-state index contributed by atoms with van der Waals surface area (Å²) in [6, 6.07) is 7.21. The topological polar surface area (TPSA) is 110 Å². The van der Waals surface area contributed by atoms with Crippen LogP contribution in [0.15, 0.2) is 24.3 Å². The monoisotopic (exact) mass is 315 g/mol. The van der Waals surface area contributed by atoms with Crippen LogP contribution in [0.5, 0.6) is 0 Å². The zero-order valence-electron chi connectivity index (χ0n) is 12.6. The Morgan fingerprint density at radius 1 is 1.30 bits per heavy atom. The zero-order chi connectivity index (χ0) is 16.4. The summed E-state index contributed by atoms with van der Waals surface area (Å²) >= 11 is 0. The van der Waals surface area contributed by atoms with Crippen LogP contribution in [0.4, 0.5) is 5.69 Å². The van der Waals surface area contributed by atoms with Crippen LogP contribution in [-0.2, 0) is 9.59 Å². The zero-order valence-corrected chi connectivity index (χ0v) is 12.6. The fourth-order valence-corrected chi connectivity index (χ4v) is 2.87. The molecule has 1 aromatic carbocycles. The van der Waals surface area contributed by atoms with E-state index in [9.17, 15) is 9.59 Å². The van der Waals surface area contributed by atoms with Gasteiger partial charge in [-0.2, -0.15) is 4.68 Å². The second-order valence-electron chi connectivity index (χ2n) is 5.72. The highest BCUT2D eigenvalue weighted by Gasteiger charge is 2.33. The van der Waals surface area contributed by atoms with Gasteiger partial charge in [-0.05, 0) is 54.8 Å². The SMILES string of the molecule is Cc1nnnn1-c1cccc(NC(=O)[C@@H]2CC[C@H](C(=O)O)C2)c1. The number of hydrogen-bond donors (Lipinski definition) is 2. The lowest BCUT2D eigenvalue weighted by Gasteiger charge is -2.12. The van der Waals surface area contributed by atoms with Gasteiger partial charge in [0.05, 0.1) is 11.6 Å². The van der Waals surface area contributed by atoms with Crippen molar-refractivity contribution in [3.63, 3.8) is 0 Å². The molecule has 0 radical (unpaired) electrons. The largest absolute Gasteiger partial charge is 0.481 e. The second-order valence-corrected chi connectivity index (χ2v) is 5.72. The third kappa shape index (κ3) is 3.20. The van der Waals surface area contributed by atoms with E-state index in [1.54, 1.807) is 29.8 Å². The van der Waals surface area contributed by atoms with Gasteiger partial charge < -0.3 is 10.4 Å². The molecule has 1 heterocycles. The minimum Gasteiger partial charge on any atom is -0.481 e. The van der Waals surface area contributed by atoms with Gasteiger partial charge in [0.2, 0.25) is 5.91 Å². The number of aromatic nitrogens is 4. The number of aryl methyl sites for hydroxylation is 1. The number of carbonyl (C=O) groups excluding carboxylic acids is 1. The lowest BCUT2D eigenvalue weighted by molar-refractivity contribution is -0.141. The van der Waals surface area contributed by atoms with E-state index in [-0.39, 0.29) is 11.8 Å². The molecule has 3 rings (SSSR count). The highest BCUT2D eigenvalue weighted by Crippen LogP contribution is 2.32. The highest BCUT2D eigenvalue weighted by atomic mass is 16.4. The molecule has 0 saturated heterocycles. The van der Waals surface area contributed by atoms with Crippen molar-refractivity contribution in [1.82, 2.24) is 20.2 Å². The molecule has 2 aromatic rings. The normalized spacial score (nSPS) is 20.4. The molecule has 0 unspecified atom stereocenters. The fraction of sp³-hybridized carbons (Fsp3) is 0.400. The summed E-state index contributed by atoms with van der Waals surface area (Å²) in [7, 11) is 0. The number of nitrogens with zero attached hydrogens (tertiary/aromatic N) is 4. The summed E-state index contributed by atoms with van der Waals surface area (Å²) in [6.07, 6.45) is 1.55. The standard InChI is InChI=1S/C15H17N5O3/c1-9-17-18-19-20(9)13-4-2-3-12(8-13)16-14(21)10-5-6-11(7-10)15(22)23/h2-4,8,10-11H,5-7H2,1H3,(H,16,21)(H,22,23)/t10-,11+/m1/s1. The van der Waals surface area contributed by atoms with Gasteiger partial charge in [-0.15, -0.1) is 5.10 Å². The molecule has 1 aliphatic carbocycles. The second kappa shape index (κ2) is 6.15. The van der Waals surface area contributed by atoms with E-state index >= 15 is 0 Å². The number of carbonyl (C=O) groups is 2. The van der Waals surface area contributed by atoms with Crippen LogP contribution in [-0.4, -0.2) is 37.2 Å². The molecule has 1 saturated carbocycles. The van der Waals surface area contributed by atoms with Crippen molar-refractivity contribution in [2.75, 3.05) is 5.32 Å². The number of aliphatic carboxylic acids is 1. The third-order valence-corrected chi connectivity index (χ3v) is 4.14. The van der Waals surface area contributed by atoms with Gasteiger partial charge in [-0.25, -0.2) is 0 Å². The van der Waals surface area contributed by atoms with Crippen LogP contribution in [0.1, 0.15) is 25.1 Å². The van der Waals surface area contributed by atoms with E-state index in [0.717, 1.165) is 5.69 Å². The van der Waals surface area contributed by atoms with Crippen molar-refractivity contribution in [3.8, 4) is 5.69 Å². The summed E-state index contributed by atoms with van der Waals surface area (Å²) in [4.78, 5) is 23.3. The summed E-state index contributed by atoms with van der Waals surface area (Å²) in [5, 5.41) is 23.2. The van der Waals surface area contributed by atoms with E-state index < -0.39 is 11.9 Å². The molecule has 1 fully saturated rings. The minimum absolute atomic E-state index is 0.140. The van der Waals surface area contributed by atoms with E-state index in [1.807, 2.05) is 6.07 Å². The average Bonchev–Trinajstić information content (AvgIpc) is 3.16. The predicted molar refractivity (Wildman–Crippen MR) is 81.0 cm³/mol. The molecule has 120 valence electrons. The van der Waals surface area contributed by atoms with Gasteiger partial charge >= 0.3 is 5.97 Å². The van der Waals surface area contributed by atoms with Gasteiger partial charge in [0.15, 0.2) is 5.82 Å². The third-order valence-electron chi connectivity index (χ3n) is 4.14. The molecule has 0 bridgehead atoms. The number of carboxylic acids is 1. The molecule has 2 atom stereocenters. The van der Waals surface area contributed by atoms with E-state index in [4.69, 9.17) is 5.11 Å². The molecule has 1 aliphatic rings. The predicted octanol–water partition coefficient (Wildman–Crippen LogP) is 1.41. The molecule has 8 heteroatoms. The molecule has 23 heavy (non-hydrogen) atoms. The number of amides is 1. The van der Waals surface area contributed by atoms with Crippen molar-refractivity contribution in [3.05, 3.63) is 30.1 Å². The molecule has 8 nitrogen and oxygen atoms in total. The van der Waals surface area contributed by atoms with Gasteiger partial charge in [0.1, 0.15) is 0 Å². The van der Waals surface area contributed by atoms with Crippen LogP contribution in [0.25, 0.3) is 5.69 Å². The fourth-order valence-electron chi connectivity index (χ4n) is 2.87. The Hall–Kier alpha value is -2.77. The molecular formula is C15H17N5O3. The smallest absolute Gasteiger partial charge is 0.306 e. The van der Waals surface area contributed by atoms with Crippen LogP contribution < -0.4 is 5.32 Å². The molecule has 2 N–H and O–H groups in total. The first-order valence-electron chi connectivity index (χ1n) is 7.43. The maximum Gasteiger partial charge on any atom is 0.306 e. The summed E-state index contributed by atoms with van der Waals surface area (Å²) in [6.45, 7) is 1.79. The molecule has 0 spiro atoms. The molecule has 1 aromatic heterocycles. The lowest BCUT2D eigenvalue weighted by Crippen LogP contribution is -2.21. The minimum atomic E-state index is -0.823. The highest BCUT2D eigenvalue weighted by molar-refractivity contribution is 5.93. The Morgan fingerprint density at radius 2 is 2.09 bits per heavy atom.